The van der Waals surface area contributed by atoms with Gasteiger partial charge in [0.05, 0.1) is 24.1 Å². The summed E-state index contributed by atoms with van der Waals surface area (Å²) in [5.41, 5.74) is 0.937. The molecule has 1 N–H and O–H groups in total. The second-order valence-corrected chi connectivity index (χ2v) is 7.73. The summed E-state index contributed by atoms with van der Waals surface area (Å²) < 4.78 is 46.1. The van der Waals surface area contributed by atoms with Crippen LogP contribution in [0.2, 0.25) is 0 Å². The van der Waals surface area contributed by atoms with Gasteiger partial charge in [-0.05, 0) is 49.0 Å². The third-order valence-corrected chi connectivity index (χ3v) is 5.41. The largest absolute Gasteiger partial charge is 0.573 e. The molecule has 2 aromatic rings. The number of rotatable bonds is 10. The molecule has 0 atom stereocenters. The molecule has 2 heterocycles. The van der Waals surface area contributed by atoms with E-state index in [2.05, 4.69) is 19.9 Å². The van der Waals surface area contributed by atoms with E-state index in [1.807, 2.05) is 13.8 Å². The second kappa shape index (κ2) is 11.7. The monoisotopic (exact) mass is 509 g/mol. The number of imide groups is 1. The first-order valence-electron chi connectivity index (χ1n) is 11.2. The molecule has 0 radical (unpaired) electrons. The molecule has 194 valence electrons. The lowest BCUT2D eigenvalue weighted by molar-refractivity contribution is -0.274. The first kappa shape index (κ1) is 26.7. The minimum atomic E-state index is -4.86. The molecule has 3 rings (SSSR count). The fourth-order valence-electron chi connectivity index (χ4n) is 3.56. The molecule has 1 fully saturated rings. The predicted octanol–water partition coefficient (Wildman–Crippen LogP) is 3.84. The minimum Gasteiger partial charge on any atom is -0.448 e. The van der Waals surface area contributed by atoms with Crippen LogP contribution in [-0.4, -0.2) is 72.0 Å². The van der Waals surface area contributed by atoms with E-state index >= 15 is 0 Å². The number of pyridine rings is 1. The molecule has 1 aliphatic rings. The number of hydrogen-bond acceptors (Lipinski definition) is 7. The van der Waals surface area contributed by atoms with Crippen molar-refractivity contribution in [2.75, 3.05) is 43.0 Å². The van der Waals surface area contributed by atoms with Crippen LogP contribution in [0.4, 0.5) is 34.1 Å². The molecule has 0 bridgehead atoms. The minimum absolute atomic E-state index is 0.0199. The lowest BCUT2D eigenvalue weighted by Gasteiger charge is -2.19. The predicted molar refractivity (Wildman–Crippen MR) is 123 cm³/mol. The number of benzene rings is 1. The number of amides is 4. The molecule has 4 amide bonds. The van der Waals surface area contributed by atoms with Gasteiger partial charge in [-0.25, -0.2) is 14.5 Å². The zero-order chi connectivity index (χ0) is 26.3. The van der Waals surface area contributed by atoms with E-state index in [-0.39, 0.29) is 25.4 Å². The van der Waals surface area contributed by atoms with Crippen LogP contribution in [0.5, 0.6) is 5.75 Å². The summed E-state index contributed by atoms with van der Waals surface area (Å²) in [6.07, 6.45) is -2.65. The number of likely N-dealkylation sites (N-methyl/N-ethyl adjacent to an activating group) is 1. The maximum atomic E-state index is 12.9. The number of carbonyl (C=O) groups excluding carboxylic acids is 3. The van der Waals surface area contributed by atoms with Gasteiger partial charge in [-0.15, -0.1) is 13.2 Å². The molecule has 1 aliphatic heterocycles. The fourth-order valence-corrected chi connectivity index (χ4v) is 3.56. The van der Waals surface area contributed by atoms with Gasteiger partial charge < -0.3 is 19.3 Å². The number of alkyl halides is 3. The maximum Gasteiger partial charge on any atom is 0.573 e. The normalized spacial score (nSPS) is 13.9. The highest BCUT2D eigenvalue weighted by Crippen LogP contribution is 2.28. The molecular formula is C23H26F3N5O5. The van der Waals surface area contributed by atoms with Crippen LogP contribution in [0, 0.1) is 0 Å². The van der Waals surface area contributed by atoms with Gasteiger partial charge in [0.1, 0.15) is 18.9 Å². The van der Waals surface area contributed by atoms with E-state index in [9.17, 15) is 27.6 Å². The Morgan fingerprint density at radius 3 is 2.47 bits per heavy atom. The molecule has 0 saturated carbocycles. The molecule has 10 nitrogen and oxygen atoms in total. The van der Waals surface area contributed by atoms with Crippen molar-refractivity contribution < 1.29 is 37.0 Å². The van der Waals surface area contributed by atoms with E-state index in [1.165, 1.54) is 29.4 Å². The lowest BCUT2D eigenvalue weighted by Crippen LogP contribution is -2.33. The molecule has 0 unspecified atom stereocenters. The summed E-state index contributed by atoms with van der Waals surface area (Å²) in [6.45, 7) is 6.19. The van der Waals surface area contributed by atoms with Crippen molar-refractivity contribution in [3.63, 3.8) is 0 Å². The lowest BCUT2D eigenvalue weighted by atomic mass is 10.2. The van der Waals surface area contributed by atoms with Crippen molar-refractivity contribution in [1.29, 1.82) is 0 Å². The van der Waals surface area contributed by atoms with Gasteiger partial charge >= 0.3 is 18.5 Å². The third-order valence-electron chi connectivity index (χ3n) is 5.41. The molecule has 0 aliphatic carbocycles. The van der Waals surface area contributed by atoms with Crippen LogP contribution in [0.3, 0.4) is 0 Å². The summed E-state index contributed by atoms with van der Waals surface area (Å²) in [5, 5.41) is 2.60. The van der Waals surface area contributed by atoms with Crippen molar-refractivity contribution in [3.05, 3.63) is 48.3 Å². The number of aromatic nitrogens is 1. The van der Waals surface area contributed by atoms with Gasteiger partial charge in [-0.3, -0.25) is 15.1 Å². The highest BCUT2D eigenvalue weighted by molar-refractivity contribution is 6.19. The Hall–Kier alpha value is -3.87. The molecule has 1 aromatic heterocycles. The number of urea groups is 1. The first-order chi connectivity index (χ1) is 17.1. The number of halogens is 3. The third kappa shape index (κ3) is 7.07. The first-order valence-corrected chi connectivity index (χ1v) is 11.2. The van der Waals surface area contributed by atoms with Crippen molar-refractivity contribution in [2.45, 2.75) is 26.8 Å². The number of nitrogens with one attached hydrogen (secondary N) is 1. The summed E-state index contributed by atoms with van der Waals surface area (Å²) in [7, 11) is 0. The van der Waals surface area contributed by atoms with Crippen LogP contribution < -0.4 is 15.0 Å². The number of hydrogen-bond donors (Lipinski definition) is 1. The van der Waals surface area contributed by atoms with Crippen LogP contribution >= 0.6 is 0 Å². The van der Waals surface area contributed by atoms with E-state index in [4.69, 9.17) is 4.74 Å². The van der Waals surface area contributed by atoms with E-state index in [1.54, 1.807) is 6.07 Å². The van der Waals surface area contributed by atoms with Crippen molar-refractivity contribution in [2.24, 2.45) is 0 Å². The number of nitrogens with zero attached hydrogens (tertiary/aromatic N) is 4. The van der Waals surface area contributed by atoms with Crippen molar-refractivity contribution in [3.8, 4) is 5.75 Å². The summed E-state index contributed by atoms with van der Waals surface area (Å²) in [5.74, 6) is -1.03. The highest BCUT2D eigenvalue weighted by Gasteiger charge is 2.37. The molecule has 1 saturated heterocycles. The number of ether oxygens (including phenoxy) is 2. The molecule has 36 heavy (non-hydrogen) atoms. The zero-order valence-electron chi connectivity index (χ0n) is 19.7. The van der Waals surface area contributed by atoms with Crippen LogP contribution in [0.1, 0.15) is 19.4 Å². The highest BCUT2D eigenvalue weighted by atomic mass is 19.4. The van der Waals surface area contributed by atoms with Crippen LogP contribution in [-0.2, 0) is 16.1 Å². The van der Waals surface area contributed by atoms with Gasteiger partial charge in [-0.2, -0.15) is 0 Å². The zero-order valence-corrected chi connectivity index (χ0v) is 19.7. The summed E-state index contributed by atoms with van der Waals surface area (Å²) in [6, 6.07) is 5.34. The number of anilines is 2. The fraction of sp³-hybridized carbons (Fsp3) is 0.391. The number of carbonyl (C=O) groups is 3. The Kier molecular flexibility index (Phi) is 8.69. The quantitative estimate of drug-likeness (QED) is 0.486. The molecular weight excluding hydrogens is 483 g/mol. The van der Waals surface area contributed by atoms with E-state index < -0.39 is 30.1 Å². The van der Waals surface area contributed by atoms with Crippen molar-refractivity contribution >= 4 is 29.4 Å². The maximum absolute atomic E-state index is 12.9. The average molecular weight is 509 g/mol. The van der Waals surface area contributed by atoms with Crippen LogP contribution in [0.15, 0.2) is 42.7 Å². The van der Waals surface area contributed by atoms with E-state index in [0.717, 1.165) is 30.1 Å². The molecule has 0 spiro atoms. The van der Waals surface area contributed by atoms with Gasteiger partial charge in [0.25, 0.3) is 5.91 Å². The average Bonchev–Trinajstić information content (AvgIpc) is 3.10. The Morgan fingerprint density at radius 2 is 1.83 bits per heavy atom. The molecule has 1 aromatic carbocycles. The van der Waals surface area contributed by atoms with Crippen LogP contribution in [0.25, 0.3) is 0 Å². The standard InChI is InChI=1S/C23H26F3N5O5/c1-3-29(4-2)11-12-35-21(33)28-19-13-27-10-9-16(19)14-30-15-20(32)31(22(30)34)17-5-7-18(8-6-17)36-23(24,25)26/h5-10,13H,3-4,11-12,14-15H2,1-2H3,(H,28,33). The second-order valence-electron chi connectivity index (χ2n) is 7.73. The van der Waals surface area contributed by atoms with E-state index in [0.29, 0.717) is 17.8 Å². The Bertz CT molecular complexity index is 1080. The smallest absolute Gasteiger partial charge is 0.448 e. The summed E-state index contributed by atoms with van der Waals surface area (Å²) in [4.78, 5) is 45.9. The van der Waals surface area contributed by atoms with Gasteiger partial charge in [0, 0.05) is 12.7 Å². The Balaban J connectivity index is 1.63. The van der Waals surface area contributed by atoms with Gasteiger partial charge in [-0.1, -0.05) is 13.8 Å². The Labute approximate surface area is 205 Å². The Morgan fingerprint density at radius 1 is 1.14 bits per heavy atom. The summed E-state index contributed by atoms with van der Waals surface area (Å²) >= 11 is 0. The molecule has 13 heteroatoms. The van der Waals surface area contributed by atoms with Crippen molar-refractivity contribution in [1.82, 2.24) is 14.8 Å². The SMILES string of the molecule is CCN(CC)CCOC(=O)Nc1cnccc1CN1CC(=O)N(c2ccc(OC(F)(F)F)cc2)C1=O. The topological polar surface area (TPSA) is 104 Å². The van der Waals surface area contributed by atoms with Gasteiger partial charge in [0.15, 0.2) is 0 Å². The van der Waals surface area contributed by atoms with Gasteiger partial charge in [0.2, 0.25) is 0 Å².